The number of H-pyrrole nitrogens is 1. The van der Waals surface area contributed by atoms with Crippen molar-refractivity contribution < 1.29 is 9.59 Å². The van der Waals surface area contributed by atoms with Crippen LogP contribution in [0.2, 0.25) is 0 Å². The van der Waals surface area contributed by atoms with Gasteiger partial charge in [0.1, 0.15) is 6.04 Å². The summed E-state index contributed by atoms with van der Waals surface area (Å²) in [6.45, 7) is 0. The summed E-state index contributed by atoms with van der Waals surface area (Å²) in [5.41, 5.74) is 4.02. The lowest BCUT2D eigenvalue weighted by atomic mass is 10.0. The van der Waals surface area contributed by atoms with Crippen molar-refractivity contribution in [2.24, 2.45) is 0 Å². The molecule has 3 aromatic rings. The zero-order valence-corrected chi connectivity index (χ0v) is 15.1. The molecule has 1 aromatic heterocycles. The van der Waals surface area contributed by atoms with Gasteiger partial charge in [0.05, 0.1) is 6.20 Å². The number of aromatic nitrogens is 2. The van der Waals surface area contributed by atoms with Gasteiger partial charge >= 0.3 is 0 Å². The highest BCUT2D eigenvalue weighted by Crippen LogP contribution is 2.21. The lowest BCUT2D eigenvalue weighted by Crippen LogP contribution is -2.30. The van der Waals surface area contributed by atoms with Gasteiger partial charge in [0, 0.05) is 30.1 Å². The zero-order valence-electron chi connectivity index (χ0n) is 15.1. The van der Waals surface area contributed by atoms with Crippen molar-refractivity contribution in [2.45, 2.75) is 6.04 Å². The van der Waals surface area contributed by atoms with E-state index in [0.29, 0.717) is 11.3 Å². The Morgan fingerprint density at radius 3 is 2.22 bits per heavy atom. The number of carbonyl (C=O) groups excluding carboxylic acids is 2. The summed E-state index contributed by atoms with van der Waals surface area (Å²) in [7, 11) is 3.30. The number of carbonyl (C=O) groups is 2. The molecule has 7 nitrogen and oxygen atoms in total. The molecule has 0 saturated carbocycles. The highest BCUT2D eigenvalue weighted by Gasteiger charge is 2.19. The first-order chi connectivity index (χ1) is 13.1. The molecule has 7 heteroatoms. The number of hydrogen-bond donors (Lipinski definition) is 4. The fraction of sp³-hybridized carbons (Fsp3) is 0.150. The van der Waals surface area contributed by atoms with Gasteiger partial charge in [-0.15, -0.1) is 0 Å². The van der Waals surface area contributed by atoms with Crippen LogP contribution in [0.25, 0.3) is 11.1 Å². The number of amides is 2. The molecular formula is C20H21N5O2. The van der Waals surface area contributed by atoms with Gasteiger partial charge in [0.15, 0.2) is 0 Å². The lowest BCUT2D eigenvalue weighted by Gasteiger charge is -2.17. The molecule has 0 fully saturated rings. The first-order valence-electron chi connectivity index (χ1n) is 8.51. The van der Waals surface area contributed by atoms with Crippen molar-refractivity contribution in [3.05, 3.63) is 72.1 Å². The van der Waals surface area contributed by atoms with Gasteiger partial charge in [-0.3, -0.25) is 14.7 Å². The minimum absolute atomic E-state index is 0.162. The second-order valence-corrected chi connectivity index (χ2v) is 5.98. The van der Waals surface area contributed by atoms with E-state index in [2.05, 4.69) is 26.1 Å². The number of likely N-dealkylation sites (N-methyl/N-ethyl adjacent to an activating group) is 1. The van der Waals surface area contributed by atoms with Gasteiger partial charge in [-0.1, -0.05) is 24.3 Å². The third-order valence-corrected chi connectivity index (χ3v) is 4.27. The maximum Gasteiger partial charge on any atom is 0.251 e. The summed E-state index contributed by atoms with van der Waals surface area (Å²) in [6.07, 6.45) is 3.56. The van der Waals surface area contributed by atoms with Crippen molar-refractivity contribution in [3.63, 3.8) is 0 Å². The highest BCUT2D eigenvalue weighted by molar-refractivity contribution is 5.96. The van der Waals surface area contributed by atoms with E-state index in [-0.39, 0.29) is 11.8 Å². The summed E-state index contributed by atoms with van der Waals surface area (Å²) < 4.78 is 0. The summed E-state index contributed by atoms with van der Waals surface area (Å²) in [6, 6.07) is 14.0. The normalized spacial score (nSPS) is 11.6. The van der Waals surface area contributed by atoms with Gasteiger partial charge in [-0.05, 0) is 42.4 Å². The monoisotopic (exact) mass is 363 g/mol. The van der Waals surface area contributed by atoms with E-state index in [4.69, 9.17) is 0 Å². The Kier molecular flexibility index (Phi) is 5.63. The first-order valence-corrected chi connectivity index (χ1v) is 8.51. The topological polar surface area (TPSA) is 98.9 Å². The largest absolute Gasteiger partial charge is 0.355 e. The molecule has 1 heterocycles. The SMILES string of the molecule is CNC(=O)c1ccc(C(NC)C(=O)Nc2ccc(-c3cn[nH]c3)cc2)cc1. The average Bonchev–Trinajstić information content (AvgIpc) is 3.24. The lowest BCUT2D eigenvalue weighted by molar-refractivity contribution is -0.118. The molecule has 2 amide bonds. The number of nitrogens with zero attached hydrogens (tertiary/aromatic N) is 1. The van der Waals surface area contributed by atoms with Crippen LogP contribution in [0.5, 0.6) is 0 Å². The number of hydrogen-bond acceptors (Lipinski definition) is 4. The second kappa shape index (κ2) is 8.29. The van der Waals surface area contributed by atoms with Gasteiger partial charge in [-0.25, -0.2) is 0 Å². The number of benzene rings is 2. The molecule has 0 spiro atoms. The summed E-state index contributed by atoms with van der Waals surface area (Å²) >= 11 is 0. The van der Waals surface area contributed by atoms with Crippen LogP contribution < -0.4 is 16.0 Å². The molecule has 2 aromatic carbocycles. The van der Waals surface area contributed by atoms with E-state index >= 15 is 0 Å². The third kappa shape index (κ3) is 4.21. The zero-order chi connectivity index (χ0) is 19.2. The van der Waals surface area contributed by atoms with Crippen molar-refractivity contribution in [1.82, 2.24) is 20.8 Å². The molecular weight excluding hydrogens is 342 g/mol. The van der Waals surface area contributed by atoms with Crippen LogP contribution >= 0.6 is 0 Å². The van der Waals surface area contributed by atoms with Gasteiger partial charge in [-0.2, -0.15) is 5.10 Å². The van der Waals surface area contributed by atoms with Gasteiger partial charge < -0.3 is 16.0 Å². The molecule has 0 aliphatic rings. The van der Waals surface area contributed by atoms with Crippen molar-refractivity contribution >= 4 is 17.5 Å². The smallest absolute Gasteiger partial charge is 0.251 e. The van der Waals surface area contributed by atoms with Crippen LogP contribution in [0.15, 0.2) is 60.9 Å². The number of rotatable bonds is 6. The van der Waals surface area contributed by atoms with Gasteiger partial charge in [0.2, 0.25) is 5.91 Å². The van der Waals surface area contributed by atoms with Crippen molar-refractivity contribution in [3.8, 4) is 11.1 Å². The molecule has 138 valence electrons. The molecule has 0 bridgehead atoms. The number of aromatic amines is 1. The minimum Gasteiger partial charge on any atom is -0.355 e. The number of anilines is 1. The Bertz CT molecular complexity index is 903. The Hall–Kier alpha value is -3.45. The van der Waals surface area contributed by atoms with Crippen LogP contribution in [0.1, 0.15) is 22.0 Å². The molecule has 27 heavy (non-hydrogen) atoms. The average molecular weight is 363 g/mol. The molecule has 1 unspecified atom stereocenters. The fourth-order valence-electron chi connectivity index (χ4n) is 2.79. The standard InChI is InChI=1S/C20H21N5O2/c1-21-18(14-3-5-15(6-4-14)19(26)22-2)20(27)25-17-9-7-13(8-10-17)16-11-23-24-12-16/h3-12,18,21H,1-2H3,(H,22,26)(H,23,24)(H,25,27). The molecule has 0 aliphatic carbocycles. The van der Waals surface area contributed by atoms with E-state index in [9.17, 15) is 9.59 Å². The Labute approximate surface area is 157 Å². The van der Waals surface area contributed by atoms with Crippen LogP contribution in [0.3, 0.4) is 0 Å². The van der Waals surface area contributed by atoms with E-state index in [1.807, 2.05) is 30.5 Å². The van der Waals surface area contributed by atoms with Crippen LogP contribution in [0, 0.1) is 0 Å². The van der Waals surface area contributed by atoms with Crippen LogP contribution in [-0.2, 0) is 4.79 Å². The predicted molar refractivity (Wildman–Crippen MR) is 104 cm³/mol. The Morgan fingerprint density at radius 2 is 1.67 bits per heavy atom. The fourth-order valence-corrected chi connectivity index (χ4v) is 2.79. The van der Waals surface area contributed by atoms with Gasteiger partial charge in [0.25, 0.3) is 5.91 Å². The van der Waals surface area contributed by atoms with Crippen molar-refractivity contribution in [2.75, 3.05) is 19.4 Å². The van der Waals surface area contributed by atoms with Crippen LogP contribution in [-0.4, -0.2) is 36.1 Å². The predicted octanol–water partition coefficient (Wildman–Crippen LogP) is 2.34. The molecule has 0 radical (unpaired) electrons. The molecule has 1 atom stereocenters. The Balaban J connectivity index is 1.70. The third-order valence-electron chi connectivity index (χ3n) is 4.27. The van der Waals surface area contributed by atoms with Crippen LogP contribution in [0.4, 0.5) is 5.69 Å². The summed E-state index contributed by atoms with van der Waals surface area (Å²) in [5.74, 6) is -0.342. The summed E-state index contributed by atoms with van der Waals surface area (Å²) in [5, 5.41) is 15.2. The van der Waals surface area contributed by atoms with E-state index in [1.165, 1.54) is 0 Å². The van der Waals surface area contributed by atoms with E-state index in [0.717, 1.165) is 16.7 Å². The minimum atomic E-state index is -0.530. The van der Waals surface area contributed by atoms with Crippen molar-refractivity contribution in [1.29, 1.82) is 0 Å². The molecule has 0 saturated heterocycles. The van der Waals surface area contributed by atoms with E-state index in [1.54, 1.807) is 44.6 Å². The Morgan fingerprint density at radius 1 is 0.963 bits per heavy atom. The maximum absolute atomic E-state index is 12.7. The summed E-state index contributed by atoms with van der Waals surface area (Å²) in [4.78, 5) is 24.3. The highest BCUT2D eigenvalue weighted by atomic mass is 16.2. The number of nitrogens with one attached hydrogen (secondary N) is 4. The molecule has 3 rings (SSSR count). The quantitative estimate of drug-likeness (QED) is 0.540. The van der Waals surface area contributed by atoms with E-state index < -0.39 is 6.04 Å². The second-order valence-electron chi connectivity index (χ2n) is 5.98. The maximum atomic E-state index is 12.7. The molecule has 0 aliphatic heterocycles. The molecule has 4 N–H and O–H groups in total. The first kappa shape index (κ1) is 18.3.